The highest BCUT2D eigenvalue weighted by atomic mass is 32.2. The Labute approximate surface area is 202 Å². The van der Waals surface area contributed by atoms with Gasteiger partial charge < -0.3 is 4.42 Å². The van der Waals surface area contributed by atoms with Crippen LogP contribution in [0.1, 0.15) is 16.7 Å². The highest BCUT2D eigenvalue weighted by molar-refractivity contribution is 7.90. The predicted octanol–water partition coefficient (Wildman–Crippen LogP) is 5.26. The average Bonchev–Trinajstić information content (AvgIpc) is 3.30. The van der Waals surface area contributed by atoms with Crippen LogP contribution >= 0.6 is 0 Å². The van der Waals surface area contributed by atoms with E-state index >= 15 is 0 Å². The molecule has 0 fully saturated rings. The van der Waals surface area contributed by atoms with E-state index in [4.69, 9.17) is 4.42 Å². The highest BCUT2D eigenvalue weighted by Crippen LogP contribution is 2.35. The number of aromatic nitrogens is 1. The number of nitriles is 1. The van der Waals surface area contributed by atoms with E-state index in [1.165, 1.54) is 54.8 Å². The maximum Gasteiger partial charge on any atom is 0.417 e. The summed E-state index contributed by atoms with van der Waals surface area (Å²) in [4.78, 5) is 13.0. The molecule has 0 aliphatic heterocycles. The van der Waals surface area contributed by atoms with Crippen molar-refractivity contribution in [1.29, 1.82) is 5.26 Å². The van der Waals surface area contributed by atoms with Gasteiger partial charge in [-0.05, 0) is 35.9 Å². The Kier molecular flexibility index (Phi) is 6.32. The Morgan fingerprint density at radius 1 is 1.03 bits per heavy atom. The molecule has 36 heavy (non-hydrogen) atoms. The fourth-order valence-corrected chi connectivity index (χ4v) is 4.33. The first-order valence-electron chi connectivity index (χ1n) is 10.3. The van der Waals surface area contributed by atoms with Crippen LogP contribution in [0.2, 0.25) is 0 Å². The lowest BCUT2D eigenvalue weighted by atomic mass is 10.1. The molecular formula is C25H16F4N2O4S. The zero-order valence-electron chi connectivity index (χ0n) is 18.5. The van der Waals surface area contributed by atoms with Gasteiger partial charge in [0.2, 0.25) is 0 Å². The summed E-state index contributed by atoms with van der Waals surface area (Å²) in [5.74, 6) is -0.857. The summed E-state index contributed by atoms with van der Waals surface area (Å²) in [6.45, 7) is -0.465. The normalized spacial score (nSPS) is 11.9. The SMILES string of the molecule is CS(=O)(=O)c1cccc(-c2coc(-c3cc(C(F)(F)F)c(C#N)c(=O)n3Cc3ccccc3F)c2)c1. The molecule has 0 aliphatic rings. The van der Waals surface area contributed by atoms with Crippen molar-refractivity contribution in [1.82, 2.24) is 4.57 Å². The number of nitrogens with zero attached hydrogens (tertiary/aromatic N) is 2. The second kappa shape index (κ2) is 9.13. The van der Waals surface area contributed by atoms with Crippen molar-refractivity contribution in [2.45, 2.75) is 17.6 Å². The van der Waals surface area contributed by atoms with Crippen LogP contribution in [0.5, 0.6) is 0 Å². The van der Waals surface area contributed by atoms with Gasteiger partial charge in [-0.2, -0.15) is 18.4 Å². The summed E-state index contributed by atoms with van der Waals surface area (Å²) in [6, 6.07) is 14.5. The van der Waals surface area contributed by atoms with Crippen molar-refractivity contribution in [3.05, 3.63) is 99.8 Å². The molecule has 0 saturated carbocycles. The average molecular weight is 516 g/mol. The van der Waals surface area contributed by atoms with E-state index < -0.39 is 45.1 Å². The standard InChI is InChI=1S/C25H16F4N2O4S/c1-36(33,34)18-7-4-6-15(9-18)17-10-23(35-14-17)22-11-20(25(27,28)29)19(12-30)24(32)31(22)13-16-5-2-3-8-21(16)26/h2-11,14H,13H2,1H3. The Morgan fingerprint density at radius 3 is 2.39 bits per heavy atom. The molecule has 2 heterocycles. The summed E-state index contributed by atoms with van der Waals surface area (Å²) < 4.78 is 85.6. The van der Waals surface area contributed by atoms with Crippen LogP contribution in [-0.4, -0.2) is 19.2 Å². The number of halogens is 4. The predicted molar refractivity (Wildman–Crippen MR) is 122 cm³/mol. The van der Waals surface area contributed by atoms with Crippen LogP contribution in [0.25, 0.3) is 22.6 Å². The molecule has 0 radical (unpaired) electrons. The van der Waals surface area contributed by atoms with Gasteiger partial charge in [0.15, 0.2) is 15.6 Å². The van der Waals surface area contributed by atoms with Gasteiger partial charge in [-0.1, -0.05) is 30.3 Å². The van der Waals surface area contributed by atoms with Gasteiger partial charge >= 0.3 is 6.18 Å². The molecule has 184 valence electrons. The van der Waals surface area contributed by atoms with Crippen LogP contribution in [0.4, 0.5) is 17.6 Å². The van der Waals surface area contributed by atoms with E-state index in [1.54, 1.807) is 6.07 Å². The number of furan rings is 1. The van der Waals surface area contributed by atoms with Gasteiger partial charge in [-0.15, -0.1) is 0 Å². The molecular weight excluding hydrogens is 500 g/mol. The molecule has 0 spiro atoms. The Balaban J connectivity index is 1.93. The van der Waals surface area contributed by atoms with Crippen molar-refractivity contribution >= 4 is 9.84 Å². The van der Waals surface area contributed by atoms with E-state index in [2.05, 4.69) is 0 Å². The van der Waals surface area contributed by atoms with Crippen molar-refractivity contribution in [2.24, 2.45) is 0 Å². The zero-order chi connectivity index (χ0) is 26.3. The number of hydrogen-bond acceptors (Lipinski definition) is 5. The minimum atomic E-state index is -5.02. The maximum atomic E-state index is 14.3. The number of rotatable bonds is 5. The fraction of sp³-hybridized carbons (Fsp3) is 0.120. The minimum Gasteiger partial charge on any atom is -0.462 e. The molecule has 0 unspecified atom stereocenters. The number of benzene rings is 2. The Morgan fingerprint density at radius 2 is 1.75 bits per heavy atom. The quantitative estimate of drug-likeness (QED) is 0.338. The lowest BCUT2D eigenvalue weighted by Crippen LogP contribution is -2.28. The van der Waals surface area contributed by atoms with Crippen molar-refractivity contribution in [2.75, 3.05) is 6.26 Å². The van der Waals surface area contributed by atoms with Crippen LogP contribution in [0.15, 0.2) is 81.0 Å². The molecule has 0 aliphatic carbocycles. The molecule has 0 bridgehead atoms. The summed E-state index contributed by atoms with van der Waals surface area (Å²) in [5, 5.41) is 9.30. The summed E-state index contributed by atoms with van der Waals surface area (Å²) in [7, 11) is -3.53. The summed E-state index contributed by atoms with van der Waals surface area (Å²) in [5.41, 5.74) is -3.43. The van der Waals surface area contributed by atoms with E-state index in [0.717, 1.165) is 16.9 Å². The third kappa shape index (κ3) is 4.81. The lowest BCUT2D eigenvalue weighted by molar-refractivity contribution is -0.137. The molecule has 6 nitrogen and oxygen atoms in total. The second-order valence-corrected chi connectivity index (χ2v) is 9.93. The highest BCUT2D eigenvalue weighted by Gasteiger charge is 2.37. The van der Waals surface area contributed by atoms with Gasteiger partial charge in [0.25, 0.3) is 5.56 Å². The molecule has 4 aromatic rings. The van der Waals surface area contributed by atoms with Gasteiger partial charge in [0, 0.05) is 17.4 Å². The summed E-state index contributed by atoms with van der Waals surface area (Å²) in [6.07, 6.45) is -2.79. The monoisotopic (exact) mass is 516 g/mol. The van der Waals surface area contributed by atoms with Gasteiger partial charge in [0.1, 0.15) is 17.4 Å². The molecule has 0 amide bonds. The van der Waals surface area contributed by atoms with Crippen molar-refractivity contribution in [3.8, 4) is 28.7 Å². The molecule has 11 heteroatoms. The molecule has 0 atom stereocenters. The Hall–Kier alpha value is -4.17. The van der Waals surface area contributed by atoms with Crippen LogP contribution in [-0.2, 0) is 22.6 Å². The lowest BCUT2D eigenvalue weighted by Gasteiger charge is -2.16. The minimum absolute atomic E-state index is 0.0112. The first-order valence-corrected chi connectivity index (χ1v) is 12.2. The number of hydrogen-bond donors (Lipinski definition) is 0. The first-order chi connectivity index (χ1) is 16.9. The third-order valence-electron chi connectivity index (χ3n) is 5.45. The van der Waals surface area contributed by atoms with Gasteiger partial charge in [-0.25, -0.2) is 12.8 Å². The van der Waals surface area contributed by atoms with E-state index in [1.807, 2.05) is 0 Å². The second-order valence-electron chi connectivity index (χ2n) is 7.91. The van der Waals surface area contributed by atoms with Crippen LogP contribution < -0.4 is 5.56 Å². The zero-order valence-corrected chi connectivity index (χ0v) is 19.3. The number of alkyl halides is 3. The van der Waals surface area contributed by atoms with Crippen molar-refractivity contribution < 1.29 is 30.4 Å². The maximum absolute atomic E-state index is 14.3. The largest absolute Gasteiger partial charge is 0.462 e. The Bertz CT molecular complexity index is 1680. The van der Waals surface area contributed by atoms with E-state index in [9.17, 15) is 36.0 Å². The first kappa shape index (κ1) is 24.9. The molecule has 2 aromatic carbocycles. The number of pyridine rings is 1. The molecule has 2 aromatic heterocycles. The number of sulfone groups is 1. The third-order valence-corrected chi connectivity index (χ3v) is 6.56. The van der Waals surface area contributed by atoms with E-state index in [-0.39, 0.29) is 21.9 Å². The molecule has 0 saturated heterocycles. The van der Waals surface area contributed by atoms with Crippen LogP contribution in [0.3, 0.4) is 0 Å². The molecule has 0 N–H and O–H groups in total. The topological polar surface area (TPSA) is 93.1 Å². The smallest absolute Gasteiger partial charge is 0.417 e. The summed E-state index contributed by atoms with van der Waals surface area (Å²) >= 11 is 0. The van der Waals surface area contributed by atoms with E-state index in [0.29, 0.717) is 17.2 Å². The van der Waals surface area contributed by atoms with Crippen LogP contribution in [0, 0.1) is 17.1 Å². The molecule has 4 rings (SSSR count). The van der Waals surface area contributed by atoms with Gasteiger partial charge in [0.05, 0.1) is 29.0 Å². The fourth-order valence-electron chi connectivity index (χ4n) is 3.66. The van der Waals surface area contributed by atoms with Crippen molar-refractivity contribution in [3.63, 3.8) is 0 Å². The van der Waals surface area contributed by atoms with Gasteiger partial charge in [-0.3, -0.25) is 9.36 Å².